The van der Waals surface area contributed by atoms with Crippen LogP contribution in [0, 0.1) is 0 Å². The molecule has 1 saturated heterocycles. The molecule has 0 radical (unpaired) electrons. The molecule has 3 N–H and O–H groups in total. The number of hydrogen-bond donors (Lipinski definition) is 3. The molecule has 1 aromatic carbocycles. The predicted octanol–water partition coefficient (Wildman–Crippen LogP) is 1.35. The largest absolute Gasteiger partial charge is 0.351 e. The summed E-state index contributed by atoms with van der Waals surface area (Å²) in [6.45, 7) is 5.72. The van der Waals surface area contributed by atoms with Gasteiger partial charge in [-0.3, -0.25) is 9.69 Å². The summed E-state index contributed by atoms with van der Waals surface area (Å²) >= 11 is 0. The Bertz CT molecular complexity index is 731. The SMILES string of the molecule is CC(C)N1CCC[C@H]1C(=O)NCc1ccc2[nH]c(=O)[nH]c2c1. The van der Waals surface area contributed by atoms with Crippen molar-refractivity contribution in [3.63, 3.8) is 0 Å². The van der Waals surface area contributed by atoms with Gasteiger partial charge in [-0.1, -0.05) is 6.07 Å². The maximum Gasteiger partial charge on any atom is 0.323 e. The number of carbonyl (C=O) groups excluding carboxylic acids is 1. The lowest BCUT2D eigenvalue weighted by molar-refractivity contribution is -0.126. The van der Waals surface area contributed by atoms with Crippen LogP contribution in [-0.4, -0.2) is 39.4 Å². The van der Waals surface area contributed by atoms with Crippen LogP contribution in [0.5, 0.6) is 0 Å². The molecule has 6 nitrogen and oxygen atoms in total. The molecule has 22 heavy (non-hydrogen) atoms. The van der Waals surface area contributed by atoms with Crippen LogP contribution in [-0.2, 0) is 11.3 Å². The first kappa shape index (κ1) is 14.8. The van der Waals surface area contributed by atoms with E-state index in [2.05, 4.69) is 34.0 Å². The zero-order valence-corrected chi connectivity index (χ0v) is 13.0. The van der Waals surface area contributed by atoms with Crippen LogP contribution in [0.2, 0.25) is 0 Å². The number of carbonyl (C=O) groups is 1. The number of rotatable bonds is 4. The Kier molecular flexibility index (Phi) is 4.02. The molecule has 0 bridgehead atoms. The van der Waals surface area contributed by atoms with E-state index in [1.807, 2.05) is 18.2 Å². The van der Waals surface area contributed by atoms with Crippen molar-refractivity contribution in [1.82, 2.24) is 20.2 Å². The van der Waals surface area contributed by atoms with E-state index in [4.69, 9.17) is 0 Å². The van der Waals surface area contributed by atoms with Crippen LogP contribution in [0.1, 0.15) is 32.3 Å². The molecule has 1 aliphatic heterocycles. The van der Waals surface area contributed by atoms with E-state index >= 15 is 0 Å². The molecule has 0 spiro atoms. The second-order valence-electron chi connectivity index (χ2n) is 6.17. The van der Waals surface area contributed by atoms with Crippen LogP contribution in [0.25, 0.3) is 11.0 Å². The third kappa shape index (κ3) is 2.92. The average molecular weight is 302 g/mol. The van der Waals surface area contributed by atoms with Crippen molar-refractivity contribution in [3.8, 4) is 0 Å². The van der Waals surface area contributed by atoms with Crippen LogP contribution in [0.15, 0.2) is 23.0 Å². The smallest absolute Gasteiger partial charge is 0.323 e. The maximum atomic E-state index is 12.4. The molecule has 1 aliphatic rings. The van der Waals surface area contributed by atoms with E-state index in [1.165, 1.54) is 0 Å². The number of aromatic amines is 2. The molecule has 1 fully saturated rings. The molecule has 118 valence electrons. The summed E-state index contributed by atoms with van der Waals surface area (Å²) in [6, 6.07) is 6.03. The lowest BCUT2D eigenvalue weighted by atomic mass is 10.1. The molecule has 2 aromatic rings. The van der Waals surface area contributed by atoms with E-state index in [9.17, 15) is 9.59 Å². The van der Waals surface area contributed by atoms with Gasteiger partial charge in [-0.15, -0.1) is 0 Å². The molecule has 0 aliphatic carbocycles. The van der Waals surface area contributed by atoms with Gasteiger partial charge in [0.25, 0.3) is 0 Å². The molecular weight excluding hydrogens is 280 g/mol. The van der Waals surface area contributed by atoms with E-state index in [0.29, 0.717) is 12.6 Å². The third-order valence-corrected chi connectivity index (χ3v) is 4.31. The van der Waals surface area contributed by atoms with E-state index in [0.717, 1.165) is 36.0 Å². The minimum absolute atomic E-state index is 0.0178. The van der Waals surface area contributed by atoms with Crippen molar-refractivity contribution in [2.24, 2.45) is 0 Å². The quantitative estimate of drug-likeness (QED) is 0.797. The van der Waals surface area contributed by atoms with Gasteiger partial charge in [-0.2, -0.15) is 0 Å². The van der Waals surface area contributed by atoms with Gasteiger partial charge in [-0.05, 0) is 50.9 Å². The highest BCUT2D eigenvalue weighted by Gasteiger charge is 2.31. The molecule has 6 heteroatoms. The monoisotopic (exact) mass is 302 g/mol. The first-order valence-corrected chi connectivity index (χ1v) is 7.79. The zero-order valence-electron chi connectivity index (χ0n) is 13.0. The molecular formula is C16H22N4O2. The van der Waals surface area contributed by atoms with Gasteiger partial charge in [0.1, 0.15) is 0 Å². The highest BCUT2D eigenvalue weighted by atomic mass is 16.2. The van der Waals surface area contributed by atoms with Gasteiger partial charge in [0.05, 0.1) is 17.1 Å². The summed E-state index contributed by atoms with van der Waals surface area (Å²) < 4.78 is 0. The number of nitrogens with one attached hydrogen (secondary N) is 3. The highest BCUT2D eigenvalue weighted by molar-refractivity contribution is 5.82. The standard InChI is InChI=1S/C16H22N4O2/c1-10(2)20-7-3-4-14(20)15(21)17-9-11-5-6-12-13(8-11)19-16(22)18-12/h5-6,8,10,14H,3-4,7,9H2,1-2H3,(H,17,21)(H2,18,19,22)/t14-/m0/s1. The number of fused-ring (bicyclic) bond motifs is 1. The molecule has 1 atom stereocenters. The number of hydrogen-bond acceptors (Lipinski definition) is 3. The molecule has 1 amide bonds. The molecule has 3 rings (SSSR count). The van der Waals surface area contributed by atoms with Gasteiger partial charge >= 0.3 is 5.69 Å². The lowest BCUT2D eigenvalue weighted by Gasteiger charge is -2.27. The second kappa shape index (κ2) is 5.96. The molecule has 0 saturated carbocycles. The summed E-state index contributed by atoms with van der Waals surface area (Å²) in [5.41, 5.74) is 2.31. The van der Waals surface area contributed by atoms with Crippen molar-refractivity contribution in [2.45, 2.75) is 45.3 Å². The van der Waals surface area contributed by atoms with Crippen LogP contribution >= 0.6 is 0 Å². The zero-order chi connectivity index (χ0) is 15.7. The third-order valence-electron chi connectivity index (χ3n) is 4.31. The topological polar surface area (TPSA) is 81.0 Å². The minimum Gasteiger partial charge on any atom is -0.351 e. The van der Waals surface area contributed by atoms with Crippen molar-refractivity contribution >= 4 is 16.9 Å². The fraction of sp³-hybridized carbons (Fsp3) is 0.500. The van der Waals surface area contributed by atoms with Gasteiger partial charge in [0, 0.05) is 12.6 Å². The number of nitrogens with zero attached hydrogens (tertiary/aromatic N) is 1. The summed E-state index contributed by atoms with van der Waals surface area (Å²) in [7, 11) is 0. The number of imidazole rings is 1. The minimum atomic E-state index is -0.213. The fourth-order valence-corrected chi connectivity index (χ4v) is 3.19. The van der Waals surface area contributed by atoms with E-state index < -0.39 is 0 Å². The highest BCUT2D eigenvalue weighted by Crippen LogP contribution is 2.20. The van der Waals surface area contributed by atoms with Gasteiger partial charge in [0.2, 0.25) is 5.91 Å². The van der Waals surface area contributed by atoms with Crippen LogP contribution in [0.3, 0.4) is 0 Å². The van der Waals surface area contributed by atoms with E-state index in [1.54, 1.807) is 0 Å². The molecule has 1 aromatic heterocycles. The first-order chi connectivity index (χ1) is 10.5. The Labute approximate surface area is 128 Å². The van der Waals surface area contributed by atoms with Crippen molar-refractivity contribution in [2.75, 3.05) is 6.54 Å². The predicted molar refractivity (Wildman–Crippen MR) is 85.6 cm³/mol. The number of likely N-dealkylation sites (tertiary alicyclic amines) is 1. The van der Waals surface area contributed by atoms with Gasteiger partial charge in [0.15, 0.2) is 0 Å². The second-order valence-corrected chi connectivity index (χ2v) is 6.17. The maximum absolute atomic E-state index is 12.4. The molecule has 0 unspecified atom stereocenters. The van der Waals surface area contributed by atoms with Crippen molar-refractivity contribution in [1.29, 1.82) is 0 Å². The number of benzene rings is 1. The Morgan fingerprint density at radius 3 is 2.91 bits per heavy atom. The average Bonchev–Trinajstić information content (AvgIpc) is 3.09. The number of amides is 1. The Hall–Kier alpha value is -2.08. The van der Waals surface area contributed by atoms with Crippen LogP contribution < -0.4 is 11.0 Å². The van der Waals surface area contributed by atoms with Gasteiger partial charge in [-0.25, -0.2) is 4.79 Å². The summed E-state index contributed by atoms with van der Waals surface area (Å²) in [4.78, 5) is 31.3. The van der Waals surface area contributed by atoms with Crippen molar-refractivity contribution < 1.29 is 4.79 Å². The summed E-state index contributed by atoms with van der Waals surface area (Å²) in [6.07, 6.45) is 2.00. The number of H-pyrrole nitrogens is 2. The van der Waals surface area contributed by atoms with Crippen LogP contribution in [0.4, 0.5) is 0 Å². The molecule has 2 heterocycles. The van der Waals surface area contributed by atoms with Gasteiger partial charge < -0.3 is 15.3 Å². The lowest BCUT2D eigenvalue weighted by Crippen LogP contribution is -2.45. The first-order valence-electron chi connectivity index (χ1n) is 7.79. The summed E-state index contributed by atoms with van der Waals surface area (Å²) in [5, 5.41) is 3.01. The van der Waals surface area contributed by atoms with E-state index in [-0.39, 0.29) is 17.6 Å². The Balaban J connectivity index is 1.65. The Morgan fingerprint density at radius 2 is 2.14 bits per heavy atom. The summed E-state index contributed by atoms with van der Waals surface area (Å²) in [5.74, 6) is 0.0915. The van der Waals surface area contributed by atoms with Crippen molar-refractivity contribution in [3.05, 3.63) is 34.2 Å². The Morgan fingerprint density at radius 1 is 1.36 bits per heavy atom. The fourth-order valence-electron chi connectivity index (χ4n) is 3.19. The number of aromatic nitrogens is 2. The normalized spacial score (nSPS) is 19.1.